The van der Waals surface area contributed by atoms with Gasteiger partial charge in [-0.15, -0.1) is 0 Å². The molecule has 41 heavy (non-hydrogen) atoms. The number of alkyl halides is 3. The zero-order valence-corrected chi connectivity index (χ0v) is 21.9. The predicted octanol–water partition coefficient (Wildman–Crippen LogP) is 4.30. The highest BCUT2D eigenvalue weighted by molar-refractivity contribution is 5.93. The Morgan fingerprint density at radius 3 is 2.12 bits per heavy atom. The van der Waals surface area contributed by atoms with E-state index in [1.165, 1.54) is 0 Å². The van der Waals surface area contributed by atoms with E-state index in [9.17, 15) is 27.6 Å². The van der Waals surface area contributed by atoms with Crippen molar-refractivity contribution in [1.29, 1.82) is 0 Å². The van der Waals surface area contributed by atoms with Gasteiger partial charge in [-0.25, -0.2) is 9.59 Å². The van der Waals surface area contributed by atoms with E-state index in [2.05, 4.69) is 5.32 Å². The van der Waals surface area contributed by atoms with E-state index >= 15 is 0 Å². The number of aliphatic carboxylic acids is 1. The monoisotopic (exact) mass is 567 g/mol. The molecule has 1 saturated heterocycles. The summed E-state index contributed by atoms with van der Waals surface area (Å²) < 4.78 is 45.7. The smallest absolute Gasteiger partial charge is 0.419 e. The molecule has 2 amide bonds. The molecule has 2 unspecified atom stereocenters. The molecule has 8 nitrogen and oxygen atoms in total. The summed E-state index contributed by atoms with van der Waals surface area (Å²) in [5, 5.41) is 13.2. The number of carbonyl (C=O) groups is 3. The summed E-state index contributed by atoms with van der Waals surface area (Å²) in [6.45, 7) is 0.452. The van der Waals surface area contributed by atoms with Crippen LogP contribution in [0, 0.1) is 0 Å². The quantitative estimate of drug-likeness (QED) is 0.375. The van der Waals surface area contributed by atoms with Crippen LogP contribution in [-0.4, -0.2) is 65.4 Å². The van der Waals surface area contributed by atoms with E-state index in [4.69, 9.17) is 9.84 Å². The zero-order chi connectivity index (χ0) is 29.2. The number of alkyl carbamates (subject to hydrolysis) is 1. The molecule has 0 radical (unpaired) electrons. The van der Waals surface area contributed by atoms with E-state index in [1.807, 2.05) is 83.8 Å². The fraction of sp³-hybridized carbons (Fsp3) is 0.300. The molecule has 1 aliphatic carbocycles. The van der Waals surface area contributed by atoms with Crippen LogP contribution < -0.4 is 10.6 Å². The molecular formula is C30H28F3N3O5. The second-order valence-electron chi connectivity index (χ2n) is 10.3. The van der Waals surface area contributed by atoms with Crippen LogP contribution in [0.25, 0.3) is 11.1 Å². The molecule has 5 rings (SSSR count). The van der Waals surface area contributed by atoms with Gasteiger partial charge in [-0.3, -0.25) is 9.69 Å². The van der Waals surface area contributed by atoms with Crippen LogP contribution in [0.1, 0.15) is 29.0 Å². The number of halogens is 3. The summed E-state index contributed by atoms with van der Waals surface area (Å²) in [6, 6.07) is 21.6. The number of rotatable bonds is 8. The van der Waals surface area contributed by atoms with Gasteiger partial charge in [0.1, 0.15) is 12.1 Å². The van der Waals surface area contributed by atoms with Gasteiger partial charge < -0.3 is 20.5 Å². The largest absolute Gasteiger partial charge is 0.479 e. The molecule has 1 fully saturated rings. The first-order valence-corrected chi connectivity index (χ1v) is 13.1. The minimum atomic E-state index is -5.23. The Balaban J connectivity index is 1.34. The number of nitrogens with one attached hydrogen (secondary N) is 2. The van der Waals surface area contributed by atoms with Crippen molar-refractivity contribution in [3.63, 3.8) is 0 Å². The average Bonchev–Trinajstić information content (AvgIpc) is 3.49. The normalized spacial score (nSPS) is 19.2. The number of hydrogen-bond acceptors (Lipinski definition) is 5. The van der Waals surface area contributed by atoms with Crippen LogP contribution in [0.4, 0.5) is 18.0 Å². The summed E-state index contributed by atoms with van der Waals surface area (Å²) in [6.07, 6.45) is -6.25. The number of hydrogen-bond donors (Lipinski definition) is 3. The first kappa shape index (κ1) is 28.2. The fourth-order valence-corrected chi connectivity index (χ4v) is 5.59. The molecule has 214 valence electrons. The van der Waals surface area contributed by atoms with E-state index in [0.29, 0.717) is 6.54 Å². The Labute approximate surface area is 234 Å². The Kier molecular flexibility index (Phi) is 7.72. The molecule has 0 spiro atoms. The third-order valence-corrected chi connectivity index (χ3v) is 7.57. The van der Waals surface area contributed by atoms with Crippen LogP contribution in [-0.2, 0) is 20.9 Å². The van der Waals surface area contributed by atoms with Gasteiger partial charge in [0.05, 0.1) is 0 Å². The number of nitrogens with zero attached hydrogens (tertiary/aromatic N) is 1. The van der Waals surface area contributed by atoms with Crippen molar-refractivity contribution in [3.05, 3.63) is 95.6 Å². The van der Waals surface area contributed by atoms with Gasteiger partial charge in [0.15, 0.2) is 0 Å². The molecule has 1 aliphatic heterocycles. The van der Waals surface area contributed by atoms with Crippen LogP contribution in [0.3, 0.4) is 0 Å². The summed E-state index contributed by atoms with van der Waals surface area (Å²) in [7, 11) is 0. The summed E-state index contributed by atoms with van der Waals surface area (Å²) in [5.41, 5.74) is 3.05. The minimum absolute atomic E-state index is 0.0416. The molecule has 2 aliphatic rings. The molecule has 3 aromatic carbocycles. The lowest BCUT2D eigenvalue weighted by molar-refractivity contribution is -0.182. The number of fused-ring (bicyclic) bond motifs is 3. The molecule has 0 aromatic heterocycles. The van der Waals surface area contributed by atoms with Gasteiger partial charge in [-0.2, -0.15) is 13.2 Å². The van der Waals surface area contributed by atoms with Crippen molar-refractivity contribution in [1.82, 2.24) is 15.5 Å². The molecule has 3 aromatic rings. The van der Waals surface area contributed by atoms with Gasteiger partial charge >= 0.3 is 18.2 Å². The first-order chi connectivity index (χ1) is 19.6. The lowest BCUT2D eigenvalue weighted by Gasteiger charge is -2.31. The van der Waals surface area contributed by atoms with Crippen molar-refractivity contribution in [3.8, 4) is 11.1 Å². The fourth-order valence-electron chi connectivity index (χ4n) is 5.59. The average molecular weight is 568 g/mol. The van der Waals surface area contributed by atoms with Crippen LogP contribution in [0.15, 0.2) is 78.9 Å². The number of carboxylic acids is 1. The van der Waals surface area contributed by atoms with E-state index in [1.54, 1.807) is 5.32 Å². The molecular weight excluding hydrogens is 539 g/mol. The molecule has 0 bridgehead atoms. The van der Waals surface area contributed by atoms with Gasteiger partial charge in [-0.05, 0) is 34.2 Å². The first-order valence-electron chi connectivity index (χ1n) is 13.1. The van der Waals surface area contributed by atoms with E-state index < -0.39 is 35.7 Å². The van der Waals surface area contributed by atoms with E-state index in [-0.39, 0.29) is 32.0 Å². The van der Waals surface area contributed by atoms with Crippen molar-refractivity contribution in [2.24, 2.45) is 0 Å². The Hall–Kier alpha value is -4.38. The number of carboxylic acid groups (broad SMARTS) is 1. The Morgan fingerprint density at radius 1 is 0.951 bits per heavy atom. The molecule has 1 heterocycles. The summed E-state index contributed by atoms with van der Waals surface area (Å²) >= 11 is 0. The maximum Gasteiger partial charge on any atom is 0.419 e. The molecule has 0 saturated carbocycles. The zero-order valence-electron chi connectivity index (χ0n) is 21.9. The second kappa shape index (κ2) is 11.2. The van der Waals surface area contributed by atoms with Crippen LogP contribution in [0.2, 0.25) is 0 Å². The number of ether oxygens (including phenoxy) is 1. The topological polar surface area (TPSA) is 108 Å². The molecule has 3 N–H and O–H groups in total. The second-order valence-corrected chi connectivity index (χ2v) is 10.3. The van der Waals surface area contributed by atoms with Gasteiger partial charge in [0.2, 0.25) is 11.9 Å². The van der Waals surface area contributed by atoms with Gasteiger partial charge in [0, 0.05) is 25.6 Å². The third kappa shape index (κ3) is 5.90. The lowest BCUT2D eigenvalue weighted by atomic mass is 9.96. The molecule has 2 atom stereocenters. The minimum Gasteiger partial charge on any atom is -0.479 e. The highest BCUT2D eigenvalue weighted by Crippen LogP contribution is 2.44. The molecule has 11 heteroatoms. The Morgan fingerprint density at radius 2 is 1.54 bits per heavy atom. The maximum atomic E-state index is 13.4. The SMILES string of the molecule is O=C(NC1(C(=O)NC(C(=O)O)C(F)(F)F)CCN(Cc2ccccc2)C1)OCC1c2ccccc2-c2ccccc21. The van der Waals surface area contributed by atoms with Crippen molar-refractivity contribution < 1.29 is 37.4 Å². The van der Waals surface area contributed by atoms with Gasteiger partial charge in [0.25, 0.3) is 0 Å². The van der Waals surface area contributed by atoms with Crippen LogP contribution in [0.5, 0.6) is 0 Å². The number of likely N-dealkylation sites (tertiary alicyclic amines) is 1. The third-order valence-electron chi connectivity index (χ3n) is 7.57. The summed E-state index contributed by atoms with van der Waals surface area (Å²) in [5.74, 6) is -3.76. The number of benzene rings is 3. The highest BCUT2D eigenvalue weighted by Gasteiger charge is 2.52. The van der Waals surface area contributed by atoms with Gasteiger partial charge in [-0.1, -0.05) is 78.9 Å². The number of carbonyl (C=O) groups excluding carboxylic acids is 2. The highest BCUT2D eigenvalue weighted by atomic mass is 19.4. The van der Waals surface area contributed by atoms with Crippen molar-refractivity contribution in [2.75, 3.05) is 19.7 Å². The van der Waals surface area contributed by atoms with Crippen molar-refractivity contribution in [2.45, 2.75) is 36.6 Å². The van der Waals surface area contributed by atoms with Crippen LogP contribution >= 0.6 is 0 Å². The van der Waals surface area contributed by atoms with E-state index in [0.717, 1.165) is 27.8 Å². The Bertz CT molecular complexity index is 1400. The van der Waals surface area contributed by atoms with Crippen molar-refractivity contribution >= 4 is 18.0 Å². The summed E-state index contributed by atoms with van der Waals surface area (Å²) in [4.78, 5) is 39.5. The number of amides is 2. The standard InChI is InChI=1S/C30H28F3N3O5/c31-30(32,33)25(26(37)38)34-27(39)29(14-15-36(18-29)16-19-8-2-1-3-9-19)35-28(40)41-17-24-22-12-6-4-10-20(22)21-11-5-7-13-23(21)24/h1-13,24-25H,14-18H2,(H,34,39)(H,35,40)(H,37,38). The lowest BCUT2D eigenvalue weighted by Crippen LogP contribution is -2.64. The maximum absolute atomic E-state index is 13.4. The predicted molar refractivity (Wildman–Crippen MR) is 143 cm³/mol.